The van der Waals surface area contributed by atoms with Crippen LogP contribution in [-0.2, 0) is 28.7 Å². The lowest BCUT2D eigenvalue weighted by Gasteiger charge is -2.36. The van der Waals surface area contributed by atoms with Crippen molar-refractivity contribution in [3.63, 3.8) is 0 Å². The lowest BCUT2D eigenvalue weighted by atomic mass is 9.81. The summed E-state index contributed by atoms with van der Waals surface area (Å²) in [5, 5.41) is 5.20. The van der Waals surface area contributed by atoms with Gasteiger partial charge in [-0.15, -0.1) is 6.58 Å². The minimum Gasteiger partial charge on any atom is -0.466 e. The van der Waals surface area contributed by atoms with Gasteiger partial charge in [0.1, 0.15) is 6.04 Å². The van der Waals surface area contributed by atoms with Crippen LogP contribution in [0, 0.1) is 28.6 Å². The number of ether oxygens (including phenoxy) is 1. The first-order valence-corrected chi connectivity index (χ1v) is 12.9. The molecule has 0 radical (unpaired) electrons. The number of carbonyl (C=O) groups is 5. The molecule has 0 aromatic heterocycles. The molecule has 1 aliphatic heterocycles. The number of hydrogen-bond acceptors (Lipinski definition) is 6. The van der Waals surface area contributed by atoms with Gasteiger partial charge in [0.05, 0.1) is 19.1 Å². The number of ketones is 1. The zero-order valence-electron chi connectivity index (χ0n) is 22.8. The lowest BCUT2D eigenvalue weighted by Crippen LogP contribution is -2.56. The monoisotopic (exact) mass is 505 g/mol. The van der Waals surface area contributed by atoms with Crippen molar-refractivity contribution < 1.29 is 28.7 Å². The predicted octanol–water partition coefficient (Wildman–Crippen LogP) is 2.24. The summed E-state index contributed by atoms with van der Waals surface area (Å²) in [6, 6.07) is -1.75. The Hall–Kier alpha value is -2.71. The second-order valence-electron chi connectivity index (χ2n) is 11.6. The van der Waals surface area contributed by atoms with Crippen molar-refractivity contribution in [1.29, 1.82) is 0 Å². The summed E-state index contributed by atoms with van der Waals surface area (Å²) in [4.78, 5) is 65.5. The zero-order valence-corrected chi connectivity index (χ0v) is 22.8. The molecule has 5 atom stereocenters. The van der Waals surface area contributed by atoms with E-state index in [1.807, 2.05) is 27.7 Å². The number of nitrogens with zero attached hydrogens (tertiary/aromatic N) is 1. The average Bonchev–Trinajstić information content (AvgIpc) is 3.12. The van der Waals surface area contributed by atoms with E-state index in [2.05, 4.69) is 31.1 Å². The molecule has 1 saturated carbocycles. The minimum atomic E-state index is -1.06. The van der Waals surface area contributed by atoms with Crippen LogP contribution in [0.5, 0.6) is 0 Å². The zero-order chi connectivity index (χ0) is 27.4. The third-order valence-corrected chi connectivity index (χ3v) is 7.87. The van der Waals surface area contributed by atoms with Gasteiger partial charge in [0.15, 0.2) is 0 Å². The van der Waals surface area contributed by atoms with Crippen molar-refractivity contribution in [2.75, 3.05) is 19.7 Å². The number of hydrogen-bond donors (Lipinski definition) is 2. The van der Waals surface area contributed by atoms with Crippen LogP contribution in [0.1, 0.15) is 67.7 Å². The van der Waals surface area contributed by atoms with Gasteiger partial charge in [-0.3, -0.25) is 24.0 Å². The highest BCUT2D eigenvalue weighted by molar-refractivity contribution is 6.38. The van der Waals surface area contributed by atoms with Crippen molar-refractivity contribution in [3.05, 3.63) is 12.7 Å². The summed E-state index contributed by atoms with van der Waals surface area (Å²) in [6.45, 7) is 18.1. The maximum atomic E-state index is 13.6. The highest BCUT2D eigenvalue weighted by atomic mass is 16.5. The van der Waals surface area contributed by atoms with Gasteiger partial charge in [-0.05, 0) is 42.4 Å². The summed E-state index contributed by atoms with van der Waals surface area (Å²) in [6.07, 6.45) is 2.18. The van der Waals surface area contributed by atoms with Gasteiger partial charge in [-0.1, -0.05) is 47.6 Å². The Morgan fingerprint density at radius 2 is 1.83 bits per heavy atom. The Balaban J connectivity index is 2.14. The summed E-state index contributed by atoms with van der Waals surface area (Å²) >= 11 is 0. The molecule has 2 fully saturated rings. The van der Waals surface area contributed by atoms with E-state index in [1.165, 1.54) is 0 Å². The maximum absolute atomic E-state index is 13.6. The molecule has 0 aromatic rings. The molecule has 3 amide bonds. The van der Waals surface area contributed by atoms with Gasteiger partial charge in [-0.2, -0.15) is 0 Å². The van der Waals surface area contributed by atoms with Crippen molar-refractivity contribution in [2.24, 2.45) is 28.6 Å². The number of Topliss-reactive ketones (excluding diaryl/α,β-unsaturated/α-hetero) is 1. The van der Waals surface area contributed by atoms with E-state index in [0.717, 1.165) is 0 Å². The highest BCUT2D eigenvalue weighted by Crippen LogP contribution is 2.65. The predicted molar refractivity (Wildman–Crippen MR) is 136 cm³/mol. The quantitative estimate of drug-likeness (QED) is 0.238. The average molecular weight is 506 g/mol. The van der Waals surface area contributed by atoms with Crippen LogP contribution in [0.3, 0.4) is 0 Å². The van der Waals surface area contributed by atoms with Crippen LogP contribution in [0.15, 0.2) is 12.7 Å². The van der Waals surface area contributed by atoms with Gasteiger partial charge in [0.2, 0.25) is 17.6 Å². The normalized spacial score (nSPS) is 23.6. The number of fused-ring (bicyclic) bond motifs is 1. The largest absolute Gasteiger partial charge is 0.466 e. The Morgan fingerprint density at radius 1 is 1.19 bits per heavy atom. The Bertz CT molecular complexity index is 890. The molecule has 9 nitrogen and oxygen atoms in total. The molecule has 1 aliphatic carbocycles. The number of allylic oxidation sites excluding steroid dienone is 1. The number of piperidine rings is 1. The second kappa shape index (κ2) is 11.6. The molecule has 2 rings (SSSR count). The van der Waals surface area contributed by atoms with E-state index >= 15 is 0 Å². The van der Waals surface area contributed by atoms with E-state index in [4.69, 9.17) is 4.74 Å². The standard InChI is InChI=1S/C27H43N3O6/c1-9-11-12-18(22(32)24(34)28-14-13-19(31)36-10-2)29-23(33)21-20-17(27(20,7)8)15-30(21)25(35)16(3)26(4,5)6/h9,16-18,20-21H,1,10-15H2,2-8H3,(H,28,34)(H,29,33)/t16-,17+,18?,20+,21+/m1/s1. The topological polar surface area (TPSA) is 122 Å². The summed E-state index contributed by atoms with van der Waals surface area (Å²) < 4.78 is 4.82. The van der Waals surface area contributed by atoms with Crippen LogP contribution < -0.4 is 10.6 Å². The van der Waals surface area contributed by atoms with Crippen molar-refractivity contribution >= 4 is 29.5 Å². The van der Waals surface area contributed by atoms with E-state index in [1.54, 1.807) is 17.9 Å². The molecule has 1 unspecified atom stereocenters. The van der Waals surface area contributed by atoms with Crippen LogP contribution in [0.4, 0.5) is 0 Å². The maximum Gasteiger partial charge on any atom is 0.307 e. The van der Waals surface area contributed by atoms with Crippen molar-refractivity contribution in [2.45, 2.75) is 79.8 Å². The third-order valence-electron chi connectivity index (χ3n) is 7.87. The molecule has 2 aliphatic rings. The van der Waals surface area contributed by atoms with Crippen molar-refractivity contribution in [3.8, 4) is 0 Å². The molecule has 0 spiro atoms. The van der Waals surface area contributed by atoms with E-state index in [9.17, 15) is 24.0 Å². The molecular formula is C27H43N3O6. The molecule has 2 N–H and O–H groups in total. The van der Waals surface area contributed by atoms with Gasteiger partial charge in [0.25, 0.3) is 5.91 Å². The van der Waals surface area contributed by atoms with E-state index in [0.29, 0.717) is 13.0 Å². The molecule has 1 saturated heterocycles. The Morgan fingerprint density at radius 3 is 2.39 bits per heavy atom. The first kappa shape index (κ1) is 29.5. The van der Waals surface area contributed by atoms with Gasteiger partial charge in [0, 0.05) is 19.0 Å². The number of carbonyl (C=O) groups excluding carboxylic acids is 5. The number of nitrogens with one attached hydrogen (secondary N) is 2. The smallest absolute Gasteiger partial charge is 0.307 e. The summed E-state index contributed by atoms with van der Waals surface area (Å²) in [7, 11) is 0. The van der Waals surface area contributed by atoms with Crippen LogP contribution in [0.25, 0.3) is 0 Å². The van der Waals surface area contributed by atoms with Crippen LogP contribution in [0.2, 0.25) is 0 Å². The van der Waals surface area contributed by atoms with E-state index < -0.39 is 35.7 Å². The Labute approximate surface area is 214 Å². The lowest BCUT2D eigenvalue weighted by molar-refractivity contribution is -0.147. The highest BCUT2D eigenvalue weighted by Gasteiger charge is 2.69. The molecular weight excluding hydrogens is 462 g/mol. The third kappa shape index (κ3) is 6.53. The summed E-state index contributed by atoms with van der Waals surface area (Å²) in [5.74, 6) is -2.69. The van der Waals surface area contributed by atoms with Gasteiger partial charge in [-0.25, -0.2) is 0 Å². The van der Waals surface area contributed by atoms with Crippen molar-refractivity contribution in [1.82, 2.24) is 15.5 Å². The van der Waals surface area contributed by atoms with Gasteiger partial charge < -0.3 is 20.3 Å². The fourth-order valence-electron chi connectivity index (χ4n) is 5.00. The molecule has 202 valence electrons. The molecule has 0 bridgehead atoms. The first-order chi connectivity index (χ1) is 16.7. The Kier molecular flexibility index (Phi) is 9.48. The second-order valence-corrected chi connectivity index (χ2v) is 11.6. The minimum absolute atomic E-state index is 0.00202. The fourth-order valence-corrected chi connectivity index (χ4v) is 5.00. The number of esters is 1. The van der Waals surface area contributed by atoms with E-state index in [-0.39, 0.29) is 60.5 Å². The molecule has 1 heterocycles. The first-order valence-electron chi connectivity index (χ1n) is 12.9. The fraction of sp³-hybridized carbons (Fsp3) is 0.741. The molecule has 9 heteroatoms. The molecule has 0 aromatic carbocycles. The van der Waals surface area contributed by atoms with Crippen LogP contribution in [-0.4, -0.2) is 66.2 Å². The summed E-state index contributed by atoms with van der Waals surface area (Å²) in [5.41, 5.74) is -0.334. The number of amides is 3. The number of likely N-dealkylation sites (tertiary alicyclic amines) is 1. The molecule has 36 heavy (non-hydrogen) atoms. The van der Waals surface area contributed by atoms with Gasteiger partial charge >= 0.3 is 5.97 Å². The number of rotatable bonds is 12. The van der Waals surface area contributed by atoms with Crippen LogP contribution >= 0.6 is 0 Å². The SMILES string of the molecule is C=CCCC(NC(=O)[C@@H]1[C@@H]2[C@H](CN1C(=O)[C@@H](C)C(C)(C)C)C2(C)C)C(=O)C(=O)NCCC(=O)OCC.